The Kier molecular flexibility index (Phi) is 4.79. The molecule has 0 bridgehead atoms. The lowest BCUT2D eigenvalue weighted by molar-refractivity contribution is 0.351. The van der Waals surface area contributed by atoms with Crippen molar-refractivity contribution in [3.8, 4) is 0 Å². The van der Waals surface area contributed by atoms with Crippen LogP contribution in [0.4, 0.5) is 0 Å². The van der Waals surface area contributed by atoms with Crippen molar-refractivity contribution < 1.29 is 12.9 Å². The summed E-state index contributed by atoms with van der Waals surface area (Å²) in [6.07, 6.45) is 3.78. The zero-order chi connectivity index (χ0) is 16.3. The Bertz CT molecular complexity index is 756. The van der Waals surface area contributed by atoms with Gasteiger partial charge >= 0.3 is 0 Å². The third-order valence-electron chi connectivity index (χ3n) is 4.06. The first-order valence-corrected chi connectivity index (χ1v) is 9.58. The van der Waals surface area contributed by atoms with Gasteiger partial charge in [-0.25, -0.2) is 13.1 Å². The van der Waals surface area contributed by atoms with Crippen LogP contribution in [0.2, 0.25) is 0 Å². The van der Waals surface area contributed by atoms with Crippen LogP contribution in [0.5, 0.6) is 0 Å². The van der Waals surface area contributed by atoms with Gasteiger partial charge in [0.2, 0.25) is 10.0 Å². The molecule has 23 heavy (non-hydrogen) atoms. The molecule has 1 aliphatic rings. The fraction of sp³-hybridized carbons (Fsp3) is 0.438. The Morgan fingerprint density at radius 2 is 2.04 bits per heavy atom. The van der Waals surface area contributed by atoms with Gasteiger partial charge < -0.3 is 9.84 Å². The van der Waals surface area contributed by atoms with E-state index >= 15 is 0 Å². The van der Waals surface area contributed by atoms with Crippen LogP contribution in [-0.4, -0.2) is 25.9 Å². The molecular weight excluding hydrogens is 314 g/mol. The molecule has 124 valence electrons. The molecule has 0 amide bonds. The standard InChI is InChI=1S/C16H21N3O3S/c1-23(20,21)18-11-15-14-9-13(7-8-16(14)22-19-15)17-10-12-5-3-2-4-6-12/h2-6,13,17-18H,7-11H2,1H3. The minimum absolute atomic E-state index is 0.184. The van der Waals surface area contributed by atoms with E-state index in [2.05, 4.69) is 27.3 Å². The first-order chi connectivity index (χ1) is 11.0. The summed E-state index contributed by atoms with van der Waals surface area (Å²) >= 11 is 0. The number of nitrogens with one attached hydrogen (secondary N) is 2. The maximum atomic E-state index is 11.2. The number of sulfonamides is 1. The van der Waals surface area contributed by atoms with E-state index in [0.717, 1.165) is 43.4 Å². The summed E-state index contributed by atoms with van der Waals surface area (Å²) in [5, 5.41) is 7.58. The smallest absolute Gasteiger partial charge is 0.209 e. The van der Waals surface area contributed by atoms with Crippen molar-refractivity contribution in [2.75, 3.05) is 6.26 Å². The normalized spacial score (nSPS) is 17.9. The summed E-state index contributed by atoms with van der Waals surface area (Å²) < 4.78 is 30.3. The zero-order valence-corrected chi connectivity index (χ0v) is 13.9. The molecule has 0 radical (unpaired) electrons. The van der Waals surface area contributed by atoms with Gasteiger partial charge in [-0.3, -0.25) is 0 Å². The number of benzene rings is 1. The molecule has 2 N–H and O–H groups in total. The molecule has 2 aromatic rings. The van der Waals surface area contributed by atoms with Crippen molar-refractivity contribution in [2.45, 2.75) is 38.4 Å². The second kappa shape index (κ2) is 6.82. The highest BCUT2D eigenvalue weighted by molar-refractivity contribution is 7.88. The topological polar surface area (TPSA) is 84.2 Å². The maximum Gasteiger partial charge on any atom is 0.209 e. The Balaban J connectivity index is 1.62. The highest BCUT2D eigenvalue weighted by Gasteiger charge is 2.25. The van der Waals surface area contributed by atoms with Gasteiger partial charge in [0.1, 0.15) is 11.5 Å². The van der Waals surface area contributed by atoms with Crippen molar-refractivity contribution >= 4 is 10.0 Å². The number of fused-ring (bicyclic) bond motifs is 1. The molecule has 1 atom stereocenters. The molecule has 0 spiro atoms. The molecule has 7 heteroatoms. The van der Waals surface area contributed by atoms with Gasteiger partial charge in [-0.1, -0.05) is 35.5 Å². The molecule has 1 heterocycles. The zero-order valence-electron chi connectivity index (χ0n) is 13.1. The van der Waals surface area contributed by atoms with Gasteiger partial charge in [0.25, 0.3) is 0 Å². The van der Waals surface area contributed by atoms with Crippen LogP contribution < -0.4 is 10.0 Å². The summed E-state index contributed by atoms with van der Waals surface area (Å²) in [5.74, 6) is 0.882. The quantitative estimate of drug-likeness (QED) is 0.833. The van der Waals surface area contributed by atoms with Crippen LogP contribution in [-0.2, 0) is 36.0 Å². The SMILES string of the molecule is CS(=O)(=O)NCc1noc2c1CC(NCc1ccccc1)CC2. The number of aryl methyl sites for hydroxylation is 1. The molecule has 0 saturated carbocycles. The van der Waals surface area contributed by atoms with Crippen molar-refractivity contribution in [3.05, 3.63) is 52.9 Å². The highest BCUT2D eigenvalue weighted by atomic mass is 32.2. The molecule has 1 unspecified atom stereocenters. The highest BCUT2D eigenvalue weighted by Crippen LogP contribution is 2.25. The maximum absolute atomic E-state index is 11.2. The van der Waals surface area contributed by atoms with Crippen molar-refractivity contribution in [2.24, 2.45) is 0 Å². The summed E-state index contributed by atoms with van der Waals surface area (Å²) in [5.41, 5.74) is 2.98. The van der Waals surface area contributed by atoms with E-state index in [9.17, 15) is 8.42 Å². The molecule has 3 rings (SSSR count). The van der Waals surface area contributed by atoms with Gasteiger partial charge in [0.05, 0.1) is 12.8 Å². The average Bonchev–Trinajstić information content (AvgIpc) is 2.94. The first kappa shape index (κ1) is 16.2. The molecule has 1 aliphatic carbocycles. The third kappa shape index (κ3) is 4.40. The Hall–Kier alpha value is -1.70. The van der Waals surface area contributed by atoms with Crippen LogP contribution in [0.15, 0.2) is 34.9 Å². The van der Waals surface area contributed by atoms with E-state index in [1.54, 1.807) is 0 Å². The first-order valence-electron chi connectivity index (χ1n) is 7.69. The van der Waals surface area contributed by atoms with Crippen LogP contribution in [0.1, 0.15) is 29.0 Å². The summed E-state index contributed by atoms with van der Waals surface area (Å²) in [7, 11) is -3.23. The Morgan fingerprint density at radius 3 is 2.78 bits per heavy atom. The van der Waals surface area contributed by atoms with Crippen LogP contribution in [0, 0.1) is 0 Å². The van der Waals surface area contributed by atoms with E-state index in [4.69, 9.17) is 4.52 Å². The third-order valence-corrected chi connectivity index (χ3v) is 4.73. The lowest BCUT2D eigenvalue weighted by atomic mass is 9.92. The summed E-state index contributed by atoms with van der Waals surface area (Å²) in [6.45, 7) is 1.01. The predicted octanol–water partition coefficient (Wildman–Crippen LogP) is 1.37. The van der Waals surface area contributed by atoms with Gasteiger partial charge in [0.15, 0.2) is 0 Å². The Morgan fingerprint density at radius 1 is 1.26 bits per heavy atom. The molecule has 0 saturated heterocycles. The lowest BCUT2D eigenvalue weighted by Gasteiger charge is -2.22. The number of aromatic nitrogens is 1. The van der Waals surface area contributed by atoms with Crippen molar-refractivity contribution in [3.63, 3.8) is 0 Å². The van der Waals surface area contributed by atoms with Gasteiger partial charge in [-0.15, -0.1) is 0 Å². The van der Waals surface area contributed by atoms with E-state index < -0.39 is 10.0 Å². The van der Waals surface area contributed by atoms with Gasteiger partial charge in [-0.2, -0.15) is 0 Å². The van der Waals surface area contributed by atoms with Gasteiger partial charge in [-0.05, 0) is 18.4 Å². The molecule has 0 fully saturated rings. The second-order valence-electron chi connectivity index (χ2n) is 5.93. The fourth-order valence-corrected chi connectivity index (χ4v) is 3.23. The summed E-state index contributed by atoms with van der Waals surface area (Å²) in [6, 6.07) is 10.6. The molecular formula is C16H21N3O3S. The predicted molar refractivity (Wildman–Crippen MR) is 87.3 cm³/mol. The van der Waals surface area contributed by atoms with Crippen LogP contribution in [0.3, 0.4) is 0 Å². The minimum Gasteiger partial charge on any atom is -0.361 e. The minimum atomic E-state index is -3.23. The van der Waals surface area contributed by atoms with E-state index in [1.807, 2.05) is 18.2 Å². The van der Waals surface area contributed by atoms with E-state index in [-0.39, 0.29) is 6.54 Å². The average molecular weight is 335 g/mol. The van der Waals surface area contributed by atoms with Crippen molar-refractivity contribution in [1.29, 1.82) is 0 Å². The molecule has 6 nitrogen and oxygen atoms in total. The monoisotopic (exact) mass is 335 g/mol. The summed E-state index contributed by atoms with van der Waals surface area (Å²) in [4.78, 5) is 0. The second-order valence-corrected chi connectivity index (χ2v) is 7.76. The van der Waals surface area contributed by atoms with Crippen LogP contribution >= 0.6 is 0 Å². The molecule has 1 aromatic carbocycles. The van der Waals surface area contributed by atoms with Crippen LogP contribution in [0.25, 0.3) is 0 Å². The van der Waals surface area contributed by atoms with Gasteiger partial charge in [0, 0.05) is 24.6 Å². The Labute approximate surface area is 136 Å². The number of hydrogen-bond acceptors (Lipinski definition) is 5. The van der Waals surface area contributed by atoms with Crippen molar-refractivity contribution in [1.82, 2.24) is 15.2 Å². The lowest BCUT2D eigenvalue weighted by Crippen LogP contribution is -2.34. The molecule has 0 aliphatic heterocycles. The molecule has 1 aromatic heterocycles. The number of rotatable bonds is 6. The van der Waals surface area contributed by atoms with E-state index in [1.165, 1.54) is 5.56 Å². The number of nitrogens with zero attached hydrogens (tertiary/aromatic N) is 1. The fourth-order valence-electron chi connectivity index (χ4n) is 2.83. The van der Waals surface area contributed by atoms with E-state index in [0.29, 0.717) is 11.7 Å². The largest absolute Gasteiger partial charge is 0.361 e. The number of hydrogen-bond donors (Lipinski definition) is 2.